The largest absolute Gasteiger partial charge is 0.273 e. The van der Waals surface area contributed by atoms with Gasteiger partial charge >= 0.3 is 0 Å². The highest BCUT2D eigenvalue weighted by Gasteiger charge is 2.17. The Kier molecular flexibility index (Phi) is 4.62. The van der Waals surface area contributed by atoms with Crippen LogP contribution in [0.2, 0.25) is 0 Å². The minimum atomic E-state index is -3.24. The number of anilines is 1. The zero-order chi connectivity index (χ0) is 12.2. The van der Waals surface area contributed by atoms with E-state index in [2.05, 4.69) is 0 Å². The standard InChI is InChI=1S/C11H16ClNO2S/c1-10-5-3-6-11(9-10)13(2)16(14,15)8-4-7-12/h3,5-6,9H,4,7-8H2,1-2H3. The van der Waals surface area contributed by atoms with Crippen molar-refractivity contribution in [1.29, 1.82) is 0 Å². The van der Waals surface area contributed by atoms with E-state index in [-0.39, 0.29) is 5.75 Å². The van der Waals surface area contributed by atoms with Gasteiger partial charge in [0.2, 0.25) is 10.0 Å². The van der Waals surface area contributed by atoms with E-state index in [0.29, 0.717) is 18.0 Å². The van der Waals surface area contributed by atoms with Crippen molar-refractivity contribution in [2.45, 2.75) is 13.3 Å². The summed E-state index contributed by atoms with van der Waals surface area (Å²) in [6.45, 7) is 1.93. The normalized spacial score (nSPS) is 11.4. The van der Waals surface area contributed by atoms with Crippen LogP contribution in [-0.2, 0) is 10.0 Å². The lowest BCUT2D eigenvalue weighted by atomic mass is 10.2. The average Bonchev–Trinajstić information content (AvgIpc) is 2.25. The number of alkyl halides is 1. The van der Waals surface area contributed by atoms with Crippen LogP contribution in [0.1, 0.15) is 12.0 Å². The topological polar surface area (TPSA) is 37.4 Å². The molecule has 0 heterocycles. The first-order valence-electron chi connectivity index (χ1n) is 5.06. The number of hydrogen-bond acceptors (Lipinski definition) is 2. The molecule has 0 aromatic heterocycles. The Labute approximate surface area is 102 Å². The van der Waals surface area contributed by atoms with Crippen molar-refractivity contribution in [1.82, 2.24) is 0 Å². The molecule has 0 radical (unpaired) electrons. The molecule has 3 nitrogen and oxygen atoms in total. The number of halogens is 1. The quantitative estimate of drug-likeness (QED) is 0.764. The molecular formula is C11H16ClNO2S. The zero-order valence-electron chi connectivity index (χ0n) is 9.48. The maximum absolute atomic E-state index is 11.9. The van der Waals surface area contributed by atoms with Crippen molar-refractivity contribution < 1.29 is 8.42 Å². The fraction of sp³-hybridized carbons (Fsp3) is 0.455. The second-order valence-corrected chi connectivity index (χ2v) is 6.16. The Morgan fingerprint density at radius 2 is 2.06 bits per heavy atom. The molecule has 0 aliphatic carbocycles. The lowest BCUT2D eigenvalue weighted by Crippen LogP contribution is -2.29. The lowest BCUT2D eigenvalue weighted by Gasteiger charge is -2.19. The van der Waals surface area contributed by atoms with Gasteiger partial charge in [-0.1, -0.05) is 12.1 Å². The van der Waals surface area contributed by atoms with Crippen molar-refractivity contribution >= 4 is 27.3 Å². The Balaban J connectivity index is 2.89. The first kappa shape index (κ1) is 13.3. The number of hydrogen-bond donors (Lipinski definition) is 0. The molecule has 0 amide bonds. The van der Waals surface area contributed by atoms with Crippen molar-refractivity contribution in [3.05, 3.63) is 29.8 Å². The molecule has 0 spiro atoms. The third kappa shape index (κ3) is 3.39. The van der Waals surface area contributed by atoms with Gasteiger partial charge in [-0.2, -0.15) is 0 Å². The Hall–Kier alpha value is -0.740. The molecule has 0 aliphatic rings. The SMILES string of the molecule is Cc1cccc(N(C)S(=O)(=O)CCCCl)c1. The molecule has 0 N–H and O–H groups in total. The molecule has 0 bridgehead atoms. The van der Waals surface area contributed by atoms with E-state index in [4.69, 9.17) is 11.6 Å². The number of rotatable bonds is 5. The third-order valence-electron chi connectivity index (χ3n) is 2.32. The fourth-order valence-corrected chi connectivity index (χ4v) is 2.87. The molecule has 1 aromatic rings. The third-order valence-corrected chi connectivity index (χ3v) is 4.44. The van der Waals surface area contributed by atoms with Gasteiger partial charge < -0.3 is 0 Å². The van der Waals surface area contributed by atoms with Crippen molar-refractivity contribution in [3.63, 3.8) is 0 Å². The number of sulfonamides is 1. The molecule has 90 valence electrons. The summed E-state index contributed by atoms with van der Waals surface area (Å²) in [5.74, 6) is 0.446. The second kappa shape index (κ2) is 5.55. The summed E-state index contributed by atoms with van der Waals surface area (Å²) in [6, 6.07) is 7.41. The molecule has 0 fully saturated rings. The van der Waals surface area contributed by atoms with E-state index in [9.17, 15) is 8.42 Å². The predicted molar refractivity (Wildman–Crippen MR) is 68.7 cm³/mol. The van der Waals surface area contributed by atoms with Gasteiger partial charge in [0.25, 0.3) is 0 Å². The first-order chi connectivity index (χ1) is 7.47. The summed E-state index contributed by atoms with van der Waals surface area (Å²) in [5.41, 5.74) is 1.73. The Morgan fingerprint density at radius 3 is 2.62 bits per heavy atom. The Bertz CT molecular complexity index is 445. The van der Waals surface area contributed by atoms with E-state index in [1.165, 1.54) is 4.31 Å². The highest BCUT2D eigenvalue weighted by molar-refractivity contribution is 7.92. The molecule has 1 rings (SSSR count). The Morgan fingerprint density at radius 1 is 1.38 bits per heavy atom. The van der Waals surface area contributed by atoms with Crippen LogP contribution in [0.3, 0.4) is 0 Å². The minimum absolute atomic E-state index is 0.0843. The van der Waals surface area contributed by atoms with Crippen LogP contribution in [0.4, 0.5) is 5.69 Å². The molecule has 5 heteroatoms. The van der Waals surface area contributed by atoms with Crippen LogP contribution in [0.5, 0.6) is 0 Å². The second-order valence-electron chi connectivity index (χ2n) is 3.67. The number of nitrogens with zero attached hydrogens (tertiary/aromatic N) is 1. The van der Waals surface area contributed by atoms with Gasteiger partial charge in [0.1, 0.15) is 0 Å². The average molecular weight is 262 g/mol. The van der Waals surface area contributed by atoms with E-state index < -0.39 is 10.0 Å². The van der Waals surface area contributed by atoms with E-state index in [1.807, 2.05) is 25.1 Å². The number of aryl methyl sites for hydroxylation is 1. The molecule has 0 unspecified atom stereocenters. The van der Waals surface area contributed by atoms with Crippen molar-refractivity contribution in [2.24, 2.45) is 0 Å². The van der Waals surface area contributed by atoms with Gasteiger partial charge in [0.05, 0.1) is 11.4 Å². The van der Waals surface area contributed by atoms with E-state index in [1.54, 1.807) is 13.1 Å². The maximum atomic E-state index is 11.9. The van der Waals surface area contributed by atoms with Crippen LogP contribution >= 0.6 is 11.6 Å². The molecule has 16 heavy (non-hydrogen) atoms. The van der Waals surface area contributed by atoms with Crippen LogP contribution in [-0.4, -0.2) is 27.1 Å². The summed E-state index contributed by atoms with van der Waals surface area (Å²) >= 11 is 5.50. The highest BCUT2D eigenvalue weighted by Crippen LogP contribution is 2.18. The zero-order valence-corrected chi connectivity index (χ0v) is 11.1. The van der Waals surface area contributed by atoms with Gasteiger partial charge in [-0.3, -0.25) is 4.31 Å². The monoisotopic (exact) mass is 261 g/mol. The maximum Gasteiger partial charge on any atom is 0.234 e. The summed E-state index contributed by atoms with van der Waals surface area (Å²) in [5, 5.41) is 0. The highest BCUT2D eigenvalue weighted by atomic mass is 35.5. The number of benzene rings is 1. The molecule has 1 aromatic carbocycles. The van der Waals surface area contributed by atoms with Gasteiger partial charge in [0.15, 0.2) is 0 Å². The molecule has 0 saturated carbocycles. The molecular weight excluding hydrogens is 246 g/mol. The van der Waals surface area contributed by atoms with Crippen molar-refractivity contribution in [2.75, 3.05) is 23.0 Å². The summed E-state index contributed by atoms with van der Waals surface area (Å²) in [4.78, 5) is 0. The first-order valence-corrected chi connectivity index (χ1v) is 7.21. The predicted octanol–water partition coefficient (Wildman–Crippen LogP) is 2.39. The van der Waals surface area contributed by atoms with Crippen LogP contribution in [0.25, 0.3) is 0 Å². The van der Waals surface area contributed by atoms with Gasteiger partial charge in [-0.05, 0) is 31.0 Å². The summed E-state index contributed by atoms with van der Waals surface area (Å²) in [6.07, 6.45) is 0.472. The van der Waals surface area contributed by atoms with Crippen LogP contribution in [0.15, 0.2) is 24.3 Å². The smallest absolute Gasteiger partial charge is 0.234 e. The van der Waals surface area contributed by atoms with E-state index >= 15 is 0 Å². The molecule has 0 atom stereocenters. The van der Waals surface area contributed by atoms with Gasteiger partial charge in [-0.15, -0.1) is 11.6 Å². The lowest BCUT2D eigenvalue weighted by molar-refractivity contribution is 0.593. The van der Waals surface area contributed by atoms with Crippen LogP contribution < -0.4 is 4.31 Å². The fourth-order valence-electron chi connectivity index (χ4n) is 1.36. The van der Waals surface area contributed by atoms with E-state index in [0.717, 1.165) is 5.56 Å². The van der Waals surface area contributed by atoms with Gasteiger partial charge in [0, 0.05) is 12.9 Å². The minimum Gasteiger partial charge on any atom is -0.273 e. The van der Waals surface area contributed by atoms with Gasteiger partial charge in [-0.25, -0.2) is 8.42 Å². The van der Waals surface area contributed by atoms with Crippen molar-refractivity contribution in [3.8, 4) is 0 Å². The molecule has 0 saturated heterocycles. The summed E-state index contributed by atoms with van der Waals surface area (Å²) in [7, 11) is -1.68. The summed E-state index contributed by atoms with van der Waals surface area (Å²) < 4.78 is 25.0. The molecule has 0 aliphatic heterocycles. The van der Waals surface area contributed by atoms with Crippen LogP contribution in [0, 0.1) is 6.92 Å².